The molecule has 1 fully saturated rings. The summed E-state index contributed by atoms with van der Waals surface area (Å²) in [5.41, 5.74) is 1.96. The lowest BCUT2D eigenvalue weighted by atomic mass is 9.95. The van der Waals surface area contributed by atoms with E-state index in [0.717, 1.165) is 11.4 Å². The SMILES string of the molecule is CC(C)(C)C(=O)Nc1cccc(NCC(=O)N2CCN(c3ccc(F)cc3)CC2)c1. The minimum Gasteiger partial charge on any atom is -0.376 e. The third-order valence-electron chi connectivity index (χ3n) is 5.07. The normalized spacial score (nSPS) is 14.4. The van der Waals surface area contributed by atoms with Crippen molar-refractivity contribution in [3.63, 3.8) is 0 Å². The van der Waals surface area contributed by atoms with Crippen molar-refractivity contribution in [1.29, 1.82) is 0 Å². The van der Waals surface area contributed by atoms with Crippen molar-refractivity contribution < 1.29 is 14.0 Å². The molecule has 0 radical (unpaired) electrons. The number of piperazine rings is 1. The lowest BCUT2D eigenvalue weighted by molar-refractivity contribution is -0.129. The number of amides is 2. The van der Waals surface area contributed by atoms with Crippen LogP contribution in [0.3, 0.4) is 0 Å². The van der Waals surface area contributed by atoms with Crippen LogP contribution in [0, 0.1) is 11.2 Å². The summed E-state index contributed by atoms with van der Waals surface area (Å²) >= 11 is 0. The van der Waals surface area contributed by atoms with Crippen molar-refractivity contribution in [3.8, 4) is 0 Å². The van der Waals surface area contributed by atoms with Gasteiger partial charge in [0.2, 0.25) is 11.8 Å². The Balaban J connectivity index is 1.48. The number of carbonyl (C=O) groups is 2. The van der Waals surface area contributed by atoms with Crippen molar-refractivity contribution in [3.05, 3.63) is 54.3 Å². The Morgan fingerprint density at radius 1 is 0.967 bits per heavy atom. The van der Waals surface area contributed by atoms with Gasteiger partial charge >= 0.3 is 0 Å². The van der Waals surface area contributed by atoms with E-state index < -0.39 is 5.41 Å². The summed E-state index contributed by atoms with van der Waals surface area (Å²) in [5, 5.41) is 6.04. The molecule has 0 spiro atoms. The first-order valence-corrected chi connectivity index (χ1v) is 10.2. The molecule has 1 heterocycles. The highest BCUT2D eigenvalue weighted by molar-refractivity contribution is 5.95. The monoisotopic (exact) mass is 412 g/mol. The van der Waals surface area contributed by atoms with E-state index in [-0.39, 0.29) is 24.2 Å². The molecular formula is C23H29FN4O2. The summed E-state index contributed by atoms with van der Waals surface area (Å²) in [6.07, 6.45) is 0. The van der Waals surface area contributed by atoms with Gasteiger partial charge in [0.1, 0.15) is 5.82 Å². The fourth-order valence-electron chi connectivity index (χ4n) is 3.18. The number of nitrogens with zero attached hydrogens (tertiary/aromatic N) is 2. The molecule has 0 bridgehead atoms. The van der Waals surface area contributed by atoms with Crippen molar-refractivity contribution in [2.24, 2.45) is 5.41 Å². The van der Waals surface area contributed by atoms with Crippen LogP contribution in [0.2, 0.25) is 0 Å². The molecule has 7 heteroatoms. The smallest absolute Gasteiger partial charge is 0.241 e. The molecule has 6 nitrogen and oxygen atoms in total. The van der Waals surface area contributed by atoms with E-state index in [1.807, 2.05) is 49.9 Å². The van der Waals surface area contributed by atoms with Crippen LogP contribution < -0.4 is 15.5 Å². The Kier molecular flexibility index (Phi) is 6.59. The second-order valence-electron chi connectivity index (χ2n) is 8.48. The maximum Gasteiger partial charge on any atom is 0.241 e. The molecule has 0 aliphatic carbocycles. The van der Waals surface area contributed by atoms with Crippen LogP contribution in [0.4, 0.5) is 21.5 Å². The molecule has 3 rings (SSSR count). The summed E-state index contributed by atoms with van der Waals surface area (Å²) < 4.78 is 13.1. The Morgan fingerprint density at radius 3 is 2.23 bits per heavy atom. The van der Waals surface area contributed by atoms with Gasteiger partial charge in [-0.3, -0.25) is 9.59 Å². The Bertz CT molecular complexity index is 885. The van der Waals surface area contributed by atoms with E-state index in [1.165, 1.54) is 12.1 Å². The lowest BCUT2D eigenvalue weighted by Gasteiger charge is -2.36. The Labute approximate surface area is 177 Å². The number of hydrogen-bond donors (Lipinski definition) is 2. The second-order valence-corrected chi connectivity index (χ2v) is 8.48. The van der Waals surface area contributed by atoms with E-state index in [4.69, 9.17) is 0 Å². The number of halogens is 1. The molecular weight excluding hydrogens is 383 g/mol. The number of carbonyl (C=O) groups excluding carboxylic acids is 2. The number of benzene rings is 2. The van der Waals surface area contributed by atoms with E-state index in [1.54, 1.807) is 12.1 Å². The maximum atomic E-state index is 13.1. The van der Waals surface area contributed by atoms with Crippen LogP contribution in [0.15, 0.2) is 48.5 Å². The largest absolute Gasteiger partial charge is 0.376 e. The zero-order valence-electron chi connectivity index (χ0n) is 17.7. The van der Waals surface area contributed by atoms with Crippen LogP contribution in [0.1, 0.15) is 20.8 Å². The molecule has 0 atom stereocenters. The lowest BCUT2D eigenvalue weighted by Crippen LogP contribution is -2.50. The van der Waals surface area contributed by atoms with Crippen molar-refractivity contribution in [2.75, 3.05) is 48.3 Å². The molecule has 0 unspecified atom stereocenters. The van der Waals surface area contributed by atoms with Crippen molar-refractivity contribution in [1.82, 2.24) is 4.90 Å². The van der Waals surface area contributed by atoms with E-state index in [2.05, 4.69) is 15.5 Å². The molecule has 1 saturated heterocycles. The summed E-state index contributed by atoms with van der Waals surface area (Å²) in [5.74, 6) is -0.284. The average Bonchev–Trinajstić information content (AvgIpc) is 2.72. The fourth-order valence-corrected chi connectivity index (χ4v) is 3.18. The molecule has 2 aromatic carbocycles. The van der Waals surface area contributed by atoms with Crippen molar-refractivity contribution in [2.45, 2.75) is 20.8 Å². The summed E-state index contributed by atoms with van der Waals surface area (Å²) in [6, 6.07) is 13.8. The van der Waals surface area contributed by atoms with Gasteiger partial charge in [-0.1, -0.05) is 26.8 Å². The van der Waals surface area contributed by atoms with Gasteiger partial charge in [0.15, 0.2) is 0 Å². The van der Waals surface area contributed by atoms with Gasteiger partial charge in [-0.25, -0.2) is 4.39 Å². The average molecular weight is 413 g/mol. The fraction of sp³-hybridized carbons (Fsp3) is 0.391. The standard InChI is InChI=1S/C23H29FN4O2/c1-23(2,3)22(30)26-19-6-4-5-18(15-19)25-16-21(29)28-13-11-27(12-14-28)20-9-7-17(24)8-10-20/h4-10,15,25H,11-14,16H2,1-3H3,(H,26,30). The van der Waals surface area contributed by atoms with Gasteiger partial charge in [0.25, 0.3) is 0 Å². The predicted molar refractivity (Wildman–Crippen MR) is 118 cm³/mol. The van der Waals surface area contributed by atoms with Gasteiger partial charge in [-0.15, -0.1) is 0 Å². The molecule has 2 aromatic rings. The first kappa shape index (κ1) is 21.6. The van der Waals surface area contributed by atoms with E-state index in [9.17, 15) is 14.0 Å². The molecule has 30 heavy (non-hydrogen) atoms. The van der Waals surface area contributed by atoms with Gasteiger partial charge in [-0.2, -0.15) is 0 Å². The van der Waals surface area contributed by atoms with Crippen LogP contribution in [0.25, 0.3) is 0 Å². The molecule has 0 saturated carbocycles. The second kappa shape index (κ2) is 9.15. The third-order valence-corrected chi connectivity index (χ3v) is 5.07. The first-order valence-electron chi connectivity index (χ1n) is 10.2. The predicted octanol–water partition coefficient (Wildman–Crippen LogP) is 3.57. The highest BCUT2D eigenvalue weighted by atomic mass is 19.1. The summed E-state index contributed by atoms with van der Waals surface area (Å²) in [7, 11) is 0. The van der Waals surface area contributed by atoms with E-state index in [0.29, 0.717) is 31.9 Å². The topological polar surface area (TPSA) is 64.7 Å². The van der Waals surface area contributed by atoms with Gasteiger partial charge < -0.3 is 20.4 Å². The Hall–Kier alpha value is -3.09. The zero-order valence-corrected chi connectivity index (χ0v) is 17.7. The highest BCUT2D eigenvalue weighted by Crippen LogP contribution is 2.20. The molecule has 160 valence electrons. The number of rotatable bonds is 5. The minimum absolute atomic E-state index is 0.0258. The maximum absolute atomic E-state index is 13.1. The van der Waals surface area contributed by atoms with Gasteiger partial charge in [0.05, 0.1) is 6.54 Å². The quantitative estimate of drug-likeness (QED) is 0.788. The summed E-state index contributed by atoms with van der Waals surface area (Å²) in [6.45, 7) is 8.44. The molecule has 2 N–H and O–H groups in total. The first-order chi connectivity index (χ1) is 14.2. The van der Waals surface area contributed by atoms with Gasteiger partial charge in [0, 0.05) is 48.7 Å². The van der Waals surface area contributed by atoms with Crippen molar-refractivity contribution >= 4 is 28.9 Å². The minimum atomic E-state index is -0.477. The van der Waals surface area contributed by atoms with Crippen LogP contribution in [-0.4, -0.2) is 49.4 Å². The number of hydrogen-bond acceptors (Lipinski definition) is 4. The molecule has 2 amide bonds. The zero-order chi connectivity index (χ0) is 21.7. The van der Waals surface area contributed by atoms with Crippen LogP contribution >= 0.6 is 0 Å². The summed E-state index contributed by atoms with van der Waals surface area (Å²) in [4.78, 5) is 28.7. The van der Waals surface area contributed by atoms with Crippen LogP contribution in [0.5, 0.6) is 0 Å². The number of anilines is 3. The molecule has 1 aliphatic rings. The Morgan fingerprint density at radius 2 is 1.60 bits per heavy atom. The molecule has 1 aliphatic heterocycles. The van der Waals surface area contributed by atoms with E-state index >= 15 is 0 Å². The van der Waals surface area contributed by atoms with Gasteiger partial charge in [-0.05, 0) is 42.5 Å². The van der Waals surface area contributed by atoms with Crippen LogP contribution in [-0.2, 0) is 9.59 Å². The highest BCUT2D eigenvalue weighted by Gasteiger charge is 2.22. The number of nitrogens with one attached hydrogen (secondary N) is 2. The third kappa shape index (κ3) is 5.72. The molecule has 0 aromatic heterocycles.